The number of rotatable bonds is 8. The fraction of sp³-hybridized carbons (Fsp3) is 0.0645. The first-order valence-electron chi connectivity index (χ1n) is 12.2. The average molecular weight is 557 g/mol. The number of para-hydroxylation sites is 1. The first-order chi connectivity index (χ1) is 19.4. The maximum Gasteiger partial charge on any atom is 0.335 e. The minimum absolute atomic E-state index is 0.0515. The number of nitrogens with one attached hydrogen (secondary N) is 1. The van der Waals surface area contributed by atoms with Crippen molar-refractivity contribution in [3.8, 4) is 11.5 Å². The molecule has 200 valence electrons. The molecule has 0 unspecified atom stereocenters. The van der Waals surface area contributed by atoms with Crippen LogP contribution in [0.25, 0.3) is 6.08 Å². The predicted molar refractivity (Wildman–Crippen MR) is 148 cm³/mol. The maximum atomic E-state index is 14.0. The molecule has 40 heavy (non-hydrogen) atoms. The van der Waals surface area contributed by atoms with Gasteiger partial charge < -0.3 is 9.47 Å². The second kappa shape index (κ2) is 11.8. The van der Waals surface area contributed by atoms with E-state index in [4.69, 9.17) is 21.1 Å². The van der Waals surface area contributed by atoms with Crippen LogP contribution in [0.15, 0.2) is 103 Å². The first-order valence-corrected chi connectivity index (χ1v) is 12.6. The number of anilines is 1. The fourth-order valence-electron chi connectivity index (χ4n) is 3.99. The van der Waals surface area contributed by atoms with E-state index in [1.54, 1.807) is 78.9 Å². The van der Waals surface area contributed by atoms with E-state index in [-0.39, 0.29) is 17.9 Å². The normalized spacial score (nSPS) is 14.3. The molecule has 0 atom stereocenters. The van der Waals surface area contributed by atoms with E-state index < -0.39 is 23.7 Å². The lowest BCUT2D eigenvalue weighted by atomic mass is 10.1. The smallest absolute Gasteiger partial charge is 0.335 e. The Balaban J connectivity index is 1.33. The van der Waals surface area contributed by atoms with E-state index in [0.29, 0.717) is 34.3 Å². The summed E-state index contributed by atoms with van der Waals surface area (Å²) in [6.45, 7) is 0.253. The van der Waals surface area contributed by atoms with Crippen LogP contribution in [-0.4, -0.2) is 17.8 Å². The Labute approximate surface area is 234 Å². The molecule has 1 fully saturated rings. The van der Waals surface area contributed by atoms with Crippen molar-refractivity contribution in [1.82, 2.24) is 5.32 Å². The summed E-state index contributed by atoms with van der Waals surface area (Å²) in [6.07, 6.45) is 1.34. The molecule has 0 saturated carbocycles. The lowest BCUT2D eigenvalue weighted by molar-refractivity contribution is -0.122. The zero-order valence-corrected chi connectivity index (χ0v) is 21.7. The van der Waals surface area contributed by atoms with Crippen molar-refractivity contribution in [3.63, 3.8) is 0 Å². The van der Waals surface area contributed by atoms with Crippen LogP contribution in [-0.2, 0) is 22.8 Å². The molecule has 1 saturated heterocycles. The van der Waals surface area contributed by atoms with Crippen molar-refractivity contribution in [2.24, 2.45) is 0 Å². The number of carbonyl (C=O) groups excluding carboxylic acids is 3. The van der Waals surface area contributed by atoms with Crippen LogP contribution in [0.1, 0.15) is 16.7 Å². The highest BCUT2D eigenvalue weighted by molar-refractivity contribution is 6.39. The van der Waals surface area contributed by atoms with Crippen LogP contribution >= 0.6 is 11.6 Å². The fourth-order valence-corrected chi connectivity index (χ4v) is 4.11. The summed E-state index contributed by atoms with van der Waals surface area (Å²) in [5, 5.41) is 2.83. The van der Waals surface area contributed by atoms with Gasteiger partial charge in [-0.25, -0.2) is 14.1 Å². The number of ether oxygens (including phenoxy) is 2. The minimum atomic E-state index is -0.869. The Morgan fingerprint density at radius 1 is 0.800 bits per heavy atom. The number of imide groups is 2. The van der Waals surface area contributed by atoms with Gasteiger partial charge >= 0.3 is 6.03 Å². The van der Waals surface area contributed by atoms with Crippen LogP contribution in [0.2, 0.25) is 5.02 Å². The van der Waals surface area contributed by atoms with Gasteiger partial charge in [-0.3, -0.25) is 14.9 Å². The molecule has 1 heterocycles. The van der Waals surface area contributed by atoms with Crippen molar-refractivity contribution in [2.75, 3.05) is 4.90 Å². The third-order valence-corrected chi connectivity index (χ3v) is 6.33. The van der Waals surface area contributed by atoms with Gasteiger partial charge in [0.2, 0.25) is 0 Å². The molecule has 9 heteroatoms. The molecule has 4 amide bonds. The lowest BCUT2D eigenvalue weighted by Crippen LogP contribution is -2.54. The monoisotopic (exact) mass is 556 g/mol. The molecule has 4 aromatic carbocycles. The quantitative estimate of drug-likeness (QED) is 0.203. The molecule has 1 aliphatic heterocycles. The number of carbonyl (C=O) groups is 3. The summed E-state index contributed by atoms with van der Waals surface area (Å²) in [4.78, 5) is 39.5. The van der Waals surface area contributed by atoms with Gasteiger partial charge in [-0.15, -0.1) is 0 Å². The van der Waals surface area contributed by atoms with Crippen LogP contribution < -0.4 is 19.7 Å². The molecule has 0 bridgehead atoms. The second-order valence-corrected chi connectivity index (χ2v) is 9.22. The molecule has 0 aromatic heterocycles. The second-order valence-electron chi connectivity index (χ2n) is 8.78. The Hall–Kier alpha value is -4.95. The van der Waals surface area contributed by atoms with Crippen LogP contribution in [0.5, 0.6) is 11.5 Å². The van der Waals surface area contributed by atoms with E-state index in [9.17, 15) is 18.8 Å². The van der Waals surface area contributed by atoms with Gasteiger partial charge in [0.15, 0.2) is 0 Å². The molecule has 1 N–H and O–H groups in total. The Kier molecular flexibility index (Phi) is 7.89. The SMILES string of the molecule is O=C1NC(=O)N(c2ccc(OCc3ccc(Cl)cc3)cc2)C(=O)/C1=C/c1ccccc1OCc1ccccc1F. The van der Waals surface area contributed by atoms with Crippen molar-refractivity contribution in [2.45, 2.75) is 13.2 Å². The van der Waals surface area contributed by atoms with Crippen LogP contribution in [0.4, 0.5) is 14.9 Å². The maximum absolute atomic E-state index is 14.0. The van der Waals surface area contributed by atoms with Crippen LogP contribution in [0, 0.1) is 5.82 Å². The predicted octanol–water partition coefficient (Wildman–Crippen LogP) is 6.30. The average Bonchev–Trinajstić information content (AvgIpc) is 2.96. The highest BCUT2D eigenvalue weighted by Gasteiger charge is 2.37. The molecule has 4 aromatic rings. The number of amides is 4. The molecule has 0 aliphatic carbocycles. The van der Waals surface area contributed by atoms with E-state index in [2.05, 4.69) is 5.32 Å². The molecule has 5 rings (SSSR count). The highest BCUT2D eigenvalue weighted by atomic mass is 35.5. The van der Waals surface area contributed by atoms with Gasteiger partial charge in [0.05, 0.1) is 5.69 Å². The summed E-state index contributed by atoms with van der Waals surface area (Å²) in [6, 6.07) is 25.6. The van der Waals surface area contributed by atoms with Gasteiger partial charge in [0.25, 0.3) is 11.8 Å². The molecular weight excluding hydrogens is 535 g/mol. The molecule has 7 nitrogen and oxygen atoms in total. The number of barbiturate groups is 1. The van der Waals surface area contributed by atoms with E-state index in [0.717, 1.165) is 10.5 Å². The van der Waals surface area contributed by atoms with Crippen molar-refractivity contribution >= 4 is 41.2 Å². The highest BCUT2D eigenvalue weighted by Crippen LogP contribution is 2.27. The molecule has 0 radical (unpaired) electrons. The van der Waals surface area contributed by atoms with E-state index in [1.165, 1.54) is 12.1 Å². The number of benzene rings is 4. The summed E-state index contributed by atoms with van der Waals surface area (Å²) in [5.41, 5.74) is 1.69. The van der Waals surface area contributed by atoms with Crippen molar-refractivity contribution in [3.05, 3.63) is 130 Å². The van der Waals surface area contributed by atoms with Gasteiger partial charge in [-0.1, -0.05) is 60.1 Å². The Morgan fingerprint density at radius 2 is 1.50 bits per heavy atom. The van der Waals surface area contributed by atoms with Gasteiger partial charge in [0.1, 0.15) is 36.1 Å². The Morgan fingerprint density at radius 3 is 2.25 bits per heavy atom. The van der Waals surface area contributed by atoms with Gasteiger partial charge in [-0.05, 0) is 60.2 Å². The first kappa shape index (κ1) is 26.6. The number of hydrogen-bond donors (Lipinski definition) is 1. The van der Waals surface area contributed by atoms with Crippen molar-refractivity contribution in [1.29, 1.82) is 0 Å². The largest absolute Gasteiger partial charge is 0.489 e. The number of nitrogens with zero attached hydrogens (tertiary/aromatic N) is 1. The Bertz CT molecular complexity index is 1600. The summed E-state index contributed by atoms with van der Waals surface area (Å²) in [7, 11) is 0. The van der Waals surface area contributed by atoms with E-state index >= 15 is 0 Å². The van der Waals surface area contributed by atoms with Gasteiger partial charge in [0, 0.05) is 16.1 Å². The minimum Gasteiger partial charge on any atom is -0.489 e. The molecule has 1 aliphatic rings. The zero-order chi connectivity index (χ0) is 28.1. The zero-order valence-electron chi connectivity index (χ0n) is 21.0. The number of halogens is 2. The summed E-state index contributed by atoms with van der Waals surface area (Å²) >= 11 is 5.91. The topological polar surface area (TPSA) is 84.9 Å². The molecule has 0 spiro atoms. The summed E-state index contributed by atoms with van der Waals surface area (Å²) in [5.74, 6) is -1.18. The standard InChI is InChI=1S/C31H22ClFN2O5/c32-23-11-9-20(10-12-23)18-39-25-15-13-24(14-16-25)35-30(37)26(29(36)34-31(35)38)17-21-5-2-4-8-28(21)40-19-22-6-1-3-7-27(22)33/h1-17H,18-19H2,(H,34,36,38)/b26-17+. The van der Waals surface area contributed by atoms with E-state index in [1.807, 2.05) is 12.1 Å². The summed E-state index contributed by atoms with van der Waals surface area (Å²) < 4.78 is 25.6. The number of hydrogen-bond acceptors (Lipinski definition) is 5. The lowest BCUT2D eigenvalue weighted by Gasteiger charge is -2.26. The van der Waals surface area contributed by atoms with Crippen molar-refractivity contribution < 1.29 is 28.2 Å². The third-order valence-electron chi connectivity index (χ3n) is 6.08. The van der Waals surface area contributed by atoms with Gasteiger partial charge in [-0.2, -0.15) is 0 Å². The van der Waals surface area contributed by atoms with Crippen LogP contribution in [0.3, 0.4) is 0 Å². The number of urea groups is 1. The molecular formula is C31H22ClFN2O5. The third kappa shape index (κ3) is 6.03.